The average Bonchev–Trinajstić information content (AvgIpc) is 2.87. The number of carbonyl (C=O) groups excluding carboxylic acids is 1. The summed E-state index contributed by atoms with van der Waals surface area (Å²) in [7, 11) is 0. The van der Waals surface area contributed by atoms with Gasteiger partial charge in [-0.25, -0.2) is 4.98 Å². The van der Waals surface area contributed by atoms with Gasteiger partial charge in [0.05, 0.1) is 6.54 Å². The molecule has 1 fully saturated rings. The van der Waals surface area contributed by atoms with E-state index in [1.165, 1.54) is 0 Å². The first-order valence-corrected chi connectivity index (χ1v) is 7.37. The molecule has 0 unspecified atom stereocenters. The number of amides is 1. The molecule has 1 saturated heterocycles. The van der Waals surface area contributed by atoms with Gasteiger partial charge in [0.25, 0.3) is 0 Å². The quantitative estimate of drug-likeness (QED) is 0.721. The van der Waals surface area contributed by atoms with Gasteiger partial charge < -0.3 is 19.9 Å². The molecule has 0 aromatic carbocycles. The van der Waals surface area contributed by atoms with Crippen LogP contribution >= 0.6 is 0 Å². The third kappa shape index (κ3) is 4.61. The number of nitrogens with zero attached hydrogens (tertiary/aromatic N) is 2. The highest BCUT2D eigenvalue weighted by molar-refractivity contribution is 5.76. The average molecular weight is 280 g/mol. The van der Waals surface area contributed by atoms with Crippen molar-refractivity contribution in [3.8, 4) is 0 Å². The van der Waals surface area contributed by atoms with Crippen LogP contribution < -0.4 is 10.6 Å². The predicted octanol–water partition coefficient (Wildman–Crippen LogP) is 0.678. The highest BCUT2D eigenvalue weighted by Crippen LogP contribution is 2.06. The zero-order chi connectivity index (χ0) is 14.2. The maximum absolute atomic E-state index is 12.0. The van der Waals surface area contributed by atoms with Gasteiger partial charge in [-0.15, -0.1) is 0 Å². The predicted molar refractivity (Wildman–Crippen MR) is 76.2 cm³/mol. The molecule has 0 bridgehead atoms. The minimum Gasteiger partial charge on any atom is -0.381 e. The molecule has 1 aliphatic rings. The van der Waals surface area contributed by atoms with Crippen molar-refractivity contribution in [2.24, 2.45) is 0 Å². The van der Waals surface area contributed by atoms with Crippen LogP contribution in [0, 0.1) is 0 Å². The Hall–Kier alpha value is -1.40. The first-order chi connectivity index (χ1) is 9.79. The zero-order valence-electron chi connectivity index (χ0n) is 12.1. The molecule has 1 aliphatic heterocycles. The Labute approximate surface area is 119 Å². The van der Waals surface area contributed by atoms with Gasteiger partial charge in [-0.3, -0.25) is 4.79 Å². The Morgan fingerprint density at radius 3 is 3.05 bits per heavy atom. The van der Waals surface area contributed by atoms with Gasteiger partial charge in [-0.1, -0.05) is 6.92 Å². The van der Waals surface area contributed by atoms with Crippen LogP contribution in [0.1, 0.15) is 32.0 Å². The minimum absolute atomic E-state index is 0.0478. The largest absolute Gasteiger partial charge is 0.381 e. The van der Waals surface area contributed by atoms with Crippen molar-refractivity contribution in [1.82, 2.24) is 20.2 Å². The van der Waals surface area contributed by atoms with E-state index in [1.54, 1.807) is 6.20 Å². The molecule has 0 aliphatic carbocycles. The third-order valence-corrected chi connectivity index (χ3v) is 3.41. The summed E-state index contributed by atoms with van der Waals surface area (Å²) in [6.07, 6.45) is 6.49. The Balaban J connectivity index is 1.79. The molecule has 0 spiro atoms. The molecule has 0 atom stereocenters. The lowest BCUT2D eigenvalue weighted by molar-refractivity contribution is -0.123. The van der Waals surface area contributed by atoms with Crippen LogP contribution in [0.15, 0.2) is 12.4 Å². The van der Waals surface area contributed by atoms with Gasteiger partial charge in [0.1, 0.15) is 12.4 Å². The fourth-order valence-corrected chi connectivity index (χ4v) is 2.30. The fraction of sp³-hybridized carbons (Fsp3) is 0.714. The lowest BCUT2D eigenvalue weighted by Gasteiger charge is -2.23. The smallest absolute Gasteiger partial charge is 0.240 e. The van der Waals surface area contributed by atoms with E-state index in [9.17, 15) is 4.79 Å². The topological polar surface area (TPSA) is 68.2 Å². The number of rotatable bonds is 7. The standard InChI is InChI=1S/C14H24N4O2/c1-2-5-15-10-13-16-6-7-18(13)11-14(19)17-12-3-8-20-9-4-12/h6-7,12,15H,2-5,8-11H2,1H3,(H,17,19). The molecule has 112 valence electrons. The Morgan fingerprint density at radius 2 is 2.30 bits per heavy atom. The SMILES string of the molecule is CCCNCc1nccn1CC(=O)NC1CCOCC1. The van der Waals surface area contributed by atoms with Crippen molar-refractivity contribution >= 4 is 5.91 Å². The van der Waals surface area contributed by atoms with E-state index in [-0.39, 0.29) is 11.9 Å². The van der Waals surface area contributed by atoms with E-state index in [1.807, 2.05) is 10.8 Å². The number of nitrogens with one attached hydrogen (secondary N) is 2. The summed E-state index contributed by atoms with van der Waals surface area (Å²) in [6.45, 7) is 5.60. The van der Waals surface area contributed by atoms with Crippen molar-refractivity contribution in [1.29, 1.82) is 0 Å². The molecular formula is C14H24N4O2. The van der Waals surface area contributed by atoms with E-state index in [4.69, 9.17) is 4.74 Å². The van der Waals surface area contributed by atoms with Gasteiger partial charge in [0, 0.05) is 31.6 Å². The summed E-state index contributed by atoms with van der Waals surface area (Å²) in [5.74, 6) is 0.951. The molecule has 1 aromatic rings. The summed E-state index contributed by atoms with van der Waals surface area (Å²) in [6, 6.07) is 0.251. The molecule has 20 heavy (non-hydrogen) atoms. The Bertz CT molecular complexity index is 413. The lowest BCUT2D eigenvalue weighted by Crippen LogP contribution is -2.40. The van der Waals surface area contributed by atoms with Crippen LogP contribution in [0.2, 0.25) is 0 Å². The Morgan fingerprint density at radius 1 is 1.50 bits per heavy atom. The van der Waals surface area contributed by atoms with E-state index in [0.29, 0.717) is 13.1 Å². The Kier molecular flexibility index (Phi) is 6.01. The van der Waals surface area contributed by atoms with Crippen LogP contribution in [0.3, 0.4) is 0 Å². The lowest BCUT2D eigenvalue weighted by atomic mass is 10.1. The van der Waals surface area contributed by atoms with Crippen molar-refractivity contribution in [2.45, 2.75) is 45.3 Å². The van der Waals surface area contributed by atoms with Gasteiger partial charge >= 0.3 is 0 Å². The number of imidazole rings is 1. The van der Waals surface area contributed by atoms with E-state index < -0.39 is 0 Å². The highest BCUT2D eigenvalue weighted by atomic mass is 16.5. The number of aromatic nitrogens is 2. The second kappa shape index (κ2) is 8.01. The molecule has 2 heterocycles. The number of hydrogen-bond donors (Lipinski definition) is 2. The van der Waals surface area contributed by atoms with Crippen LogP contribution in [0.4, 0.5) is 0 Å². The molecule has 6 heteroatoms. The van der Waals surface area contributed by atoms with Crippen LogP contribution in [0.25, 0.3) is 0 Å². The molecule has 2 rings (SSSR count). The molecule has 1 amide bonds. The maximum Gasteiger partial charge on any atom is 0.240 e. The number of hydrogen-bond acceptors (Lipinski definition) is 4. The summed E-state index contributed by atoms with van der Waals surface area (Å²) in [5.41, 5.74) is 0. The summed E-state index contributed by atoms with van der Waals surface area (Å²) >= 11 is 0. The monoisotopic (exact) mass is 280 g/mol. The second-order valence-corrected chi connectivity index (χ2v) is 5.10. The number of ether oxygens (including phenoxy) is 1. The summed E-state index contributed by atoms with van der Waals surface area (Å²) in [5, 5.41) is 6.36. The van der Waals surface area contributed by atoms with E-state index >= 15 is 0 Å². The molecule has 0 saturated carbocycles. The molecule has 2 N–H and O–H groups in total. The van der Waals surface area contributed by atoms with E-state index in [2.05, 4.69) is 22.5 Å². The molecule has 0 radical (unpaired) electrons. The van der Waals surface area contributed by atoms with Gasteiger partial charge in [0.2, 0.25) is 5.91 Å². The summed E-state index contributed by atoms with van der Waals surface area (Å²) in [4.78, 5) is 16.3. The van der Waals surface area contributed by atoms with Gasteiger partial charge in [0.15, 0.2) is 0 Å². The molecule has 6 nitrogen and oxygen atoms in total. The van der Waals surface area contributed by atoms with Crippen molar-refractivity contribution < 1.29 is 9.53 Å². The second-order valence-electron chi connectivity index (χ2n) is 5.10. The summed E-state index contributed by atoms with van der Waals surface area (Å²) < 4.78 is 7.19. The molecule has 1 aromatic heterocycles. The van der Waals surface area contributed by atoms with E-state index in [0.717, 1.165) is 44.8 Å². The zero-order valence-corrected chi connectivity index (χ0v) is 12.1. The van der Waals surface area contributed by atoms with Gasteiger partial charge in [-0.2, -0.15) is 0 Å². The van der Waals surface area contributed by atoms with Gasteiger partial charge in [-0.05, 0) is 25.8 Å². The highest BCUT2D eigenvalue weighted by Gasteiger charge is 2.16. The fourth-order valence-electron chi connectivity index (χ4n) is 2.30. The normalized spacial score (nSPS) is 16.2. The van der Waals surface area contributed by atoms with Crippen LogP contribution in [-0.4, -0.2) is 41.3 Å². The minimum atomic E-state index is 0.0478. The van der Waals surface area contributed by atoms with Crippen molar-refractivity contribution in [3.63, 3.8) is 0 Å². The maximum atomic E-state index is 12.0. The molecular weight excluding hydrogens is 256 g/mol. The number of carbonyl (C=O) groups is 1. The first kappa shape index (κ1) is 15.0. The van der Waals surface area contributed by atoms with Crippen LogP contribution in [0.5, 0.6) is 0 Å². The van der Waals surface area contributed by atoms with Crippen molar-refractivity contribution in [2.75, 3.05) is 19.8 Å². The van der Waals surface area contributed by atoms with Crippen molar-refractivity contribution in [3.05, 3.63) is 18.2 Å². The van der Waals surface area contributed by atoms with Crippen LogP contribution in [-0.2, 0) is 22.6 Å². The third-order valence-electron chi connectivity index (χ3n) is 3.41. The first-order valence-electron chi connectivity index (χ1n) is 7.37.